The molecule has 8 heteroatoms. The Morgan fingerprint density at radius 2 is 2.04 bits per heavy atom. The Hall–Kier alpha value is -2.38. The van der Waals surface area contributed by atoms with Crippen molar-refractivity contribution in [1.82, 2.24) is 14.3 Å². The Labute approximate surface area is 152 Å². The predicted octanol–water partition coefficient (Wildman–Crippen LogP) is 3.40. The van der Waals surface area contributed by atoms with Gasteiger partial charge < -0.3 is 5.32 Å². The summed E-state index contributed by atoms with van der Waals surface area (Å²) in [7, 11) is 0. The van der Waals surface area contributed by atoms with Crippen LogP contribution in [0.1, 0.15) is 18.9 Å². The van der Waals surface area contributed by atoms with E-state index in [1.807, 2.05) is 17.5 Å². The maximum Gasteiger partial charge on any atom is 0.346 e. The van der Waals surface area contributed by atoms with Crippen molar-refractivity contribution < 1.29 is 4.79 Å². The molecule has 0 spiro atoms. The van der Waals surface area contributed by atoms with Crippen molar-refractivity contribution in [3.8, 4) is 10.7 Å². The molecule has 0 saturated heterocycles. The lowest BCUT2D eigenvalue weighted by atomic mass is 10.3. The van der Waals surface area contributed by atoms with Crippen molar-refractivity contribution in [3.05, 3.63) is 57.3 Å². The summed E-state index contributed by atoms with van der Waals surface area (Å²) in [5.41, 5.74) is 0.389. The first-order valence-electron chi connectivity index (χ1n) is 7.90. The molecule has 0 bridgehead atoms. The highest BCUT2D eigenvalue weighted by molar-refractivity contribution is 7.13. The molecule has 3 aromatic rings. The van der Waals surface area contributed by atoms with Crippen LogP contribution in [0.25, 0.3) is 10.7 Å². The van der Waals surface area contributed by atoms with Gasteiger partial charge in [0.2, 0.25) is 5.91 Å². The molecule has 1 aliphatic carbocycles. The molecule has 128 valence electrons. The maximum absolute atomic E-state index is 12.7. The molecule has 0 unspecified atom stereocenters. The number of hydrogen-bond donors (Lipinski definition) is 1. The lowest BCUT2D eigenvalue weighted by molar-refractivity contribution is -0.117. The third-order valence-electron chi connectivity index (χ3n) is 3.95. The molecule has 1 N–H and O–H groups in total. The SMILES string of the molecule is O=C(Cn1nc(-c2cccs2)n(C2CC2)c1=O)Nc1ccc(Cl)cc1. The van der Waals surface area contributed by atoms with Crippen LogP contribution in [-0.4, -0.2) is 20.3 Å². The number of thiophene rings is 1. The zero-order chi connectivity index (χ0) is 17.4. The second kappa shape index (κ2) is 6.50. The van der Waals surface area contributed by atoms with Gasteiger partial charge in [0.25, 0.3) is 0 Å². The largest absolute Gasteiger partial charge is 0.346 e. The van der Waals surface area contributed by atoms with Crippen LogP contribution < -0.4 is 11.0 Å². The number of nitrogens with one attached hydrogen (secondary N) is 1. The zero-order valence-electron chi connectivity index (χ0n) is 13.2. The van der Waals surface area contributed by atoms with E-state index < -0.39 is 0 Å². The van der Waals surface area contributed by atoms with Crippen molar-refractivity contribution in [1.29, 1.82) is 0 Å². The number of halogens is 1. The normalized spacial score (nSPS) is 13.8. The molecule has 25 heavy (non-hydrogen) atoms. The van der Waals surface area contributed by atoms with Gasteiger partial charge in [0.15, 0.2) is 5.82 Å². The topological polar surface area (TPSA) is 68.9 Å². The summed E-state index contributed by atoms with van der Waals surface area (Å²) in [5.74, 6) is 0.337. The minimum Gasteiger partial charge on any atom is -0.324 e. The van der Waals surface area contributed by atoms with Crippen molar-refractivity contribution >= 4 is 34.5 Å². The number of nitrogens with zero attached hydrogens (tertiary/aromatic N) is 3. The molecule has 2 aromatic heterocycles. The summed E-state index contributed by atoms with van der Waals surface area (Å²) in [4.78, 5) is 25.9. The van der Waals surface area contributed by atoms with E-state index >= 15 is 0 Å². The smallest absolute Gasteiger partial charge is 0.324 e. The second-order valence-corrected chi connectivity index (χ2v) is 7.28. The Kier molecular flexibility index (Phi) is 4.19. The van der Waals surface area contributed by atoms with E-state index in [2.05, 4.69) is 10.4 Å². The Balaban J connectivity index is 1.58. The molecular weight excluding hydrogens is 360 g/mol. The van der Waals surface area contributed by atoms with Gasteiger partial charge in [0.1, 0.15) is 6.54 Å². The molecule has 1 amide bonds. The van der Waals surface area contributed by atoms with Gasteiger partial charge in [-0.1, -0.05) is 17.7 Å². The maximum atomic E-state index is 12.7. The molecule has 1 aromatic carbocycles. The summed E-state index contributed by atoms with van der Waals surface area (Å²) in [6.45, 7) is -0.125. The zero-order valence-corrected chi connectivity index (χ0v) is 14.8. The van der Waals surface area contributed by atoms with Crippen LogP contribution in [-0.2, 0) is 11.3 Å². The van der Waals surface area contributed by atoms with E-state index in [0.717, 1.165) is 17.7 Å². The number of carbonyl (C=O) groups is 1. The molecule has 1 fully saturated rings. The van der Waals surface area contributed by atoms with Crippen molar-refractivity contribution in [2.24, 2.45) is 0 Å². The summed E-state index contributed by atoms with van der Waals surface area (Å²) < 4.78 is 2.94. The number of amides is 1. The van der Waals surface area contributed by atoms with Crippen LogP contribution in [0.3, 0.4) is 0 Å². The summed E-state index contributed by atoms with van der Waals surface area (Å²) in [6.07, 6.45) is 1.95. The molecule has 2 heterocycles. The highest BCUT2D eigenvalue weighted by Crippen LogP contribution is 2.37. The molecule has 1 aliphatic rings. The first-order chi connectivity index (χ1) is 12.1. The van der Waals surface area contributed by atoms with Gasteiger partial charge in [0.05, 0.1) is 4.88 Å². The van der Waals surface area contributed by atoms with Crippen LogP contribution >= 0.6 is 22.9 Å². The highest BCUT2D eigenvalue weighted by atomic mass is 35.5. The number of hydrogen-bond acceptors (Lipinski definition) is 4. The van der Waals surface area contributed by atoms with Gasteiger partial charge in [-0.2, -0.15) is 0 Å². The molecule has 0 atom stereocenters. The summed E-state index contributed by atoms with van der Waals surface area (Å²) in [5, 5.41) is 9.70. The highest BCUT2D eigenvalue weighted by Gasteiger charge is 2.31. The number of aromatic nitrogens is 3. The lowest BCUT2D eigenvalue weighted by Gasteiger charge is -2.04. The van der Waals surface area contributed by atoms with Crippen molar-refractivity contribution in [2.75, 3.05) is 5.32 Å². The predicted molar refractivity (Wildman–Crippen MR) is 98.2 cm³/mol. The minimum absolute atomic E-state index is 0.125. The van der Waals surface area contributed by atoms with E-state index in [1.165, 1.54) is 16.0 Å². The van der Waals surface area contributed by atoms with Gasteiger partial charge >= 0.3 is 5.69 Å². The fourth-order valence-corrected chi connectivity index (χ4v) is 3.46. The Morgan fingerprint density at radius 3 is 2.68 bits per heavy atom. The quantitative estimate of drug-likeness (QED) is 0.744. The van der Waals surface area contributed by atoms with Crippen molar-refractivity contribution in [2.45, 2.75) is 25.4 Å². The standard InChI is InChI=1S/C17H15ClN4O2S/c18-11-3-5-12(6-4-11)19-15(23)10-21-17(24)22(13-7-8-13)16(20-21)14-2-1-9-25-14/h1-6,9,13H,7-8,10H2,(H,19,23). The number of anilines is 1. The van der Waals surface area contributed by atoms with E-state index in [0.29, 0.717) is 16.5 Å². The summed E-state index contributed by atoms with van der Waals surface area (Å²) >= 11 is 7.37. The van der Waals surface area contributed by atoms with E-state index in [9.17, 15) is 9.59 Å². The third-order valence-corrected chi connectivity index (χ3v) is 5.06. The van der Waals surface area contributed by atoms with E-state index in [4.69, 9.17) is 11.6 Å². The minimum atomic E-state index is -0.303. The first-order valence-corrected chi connectivity index (χ1v) is 9.16. The lowest BCUT2D eigenvalue weighted by Crippen LogP contribution is -2.29. The fourth-order valence-electron chi connectivity index (χ4n) is 2.63. The fraction of sp³-hybridized carbons (Fsp3) is 0.235. The molecule has 0 aliphatic heterocycles. The van der Waals surface area contributed by atoms with Crippen LogP contribution in [0.2, 0.25) is 5.02 Å². The first kappa shape index (κ1) is 16.1. The van der Waals surface area contributed by atoms with Gasteiger partial charge in [-0.05, 0) is 48.6 Å². The summed E-state index contributed by atoms with van der Waals surface area (Å²) in [6, 6.07) is 10.9. The number of rotatable bonds is 5. The number of benzene rings is 1. The third kappa shape index (κ3) is 3.38. The van der Waals surface area contributed by atoms with Crippen LogP contribution in [0.5, 0.6) is 0 Å². The molecule has 1 saturated carbocycles. The van der Waals surface area contributed by atoms with Crippen LogP contribution in [0, 0.1) is 0 Å². The van der Waals surface area contributed by atoms with Gasteiger partial charge in [-0.3, -0.25) is 9.36 Å². The van der Waals surface area contributed by atoms with Gasteiger partial charge in [0, 0.05) is 16.8 Å². The molecule has 4 rings (SSSR count). The molecule has 6 nitrogen and oxygen atoms in total. The van der Waals surface area contributed by atoms with Gasteiger partial charge in [-0.25, -0.2) is 9.48 Å². The monoisotopic (exact) mass is 374 g/mol. The molecule has 0 radical (unpaired) electrons. The van der Waals surface area contributed by atoms with Crippen LogP contribution in [0.15, 0.2) is 46.6 Å². The van der Waals surface area contributed by atoms with Crippen LogP contribution in [0.4, 0.5) is 5.69 Å². The van der Waals surface area contributed by atoms with Gasteiger partial charge in [-0.15, -0.1) is 16.4 Å². The number of carbonyl (C=O) groups excluding carboxylic acids is 1. The Bertz CT molecular complexity index is 956. The van der Waals surface area contributed by atoms with E-state index in [1.54, 1.807) is 28.8 Å². The van der Waals surface area contributed by atoms with E-state index in [-0.39, 0.29) is 24.2 Å². The van der Waals surface area contributed by atoms with Crippen molar-refractivity contribution in [3.63, 3.8) is 0 Å². The Morgan fingerprint density at radius 1 is 1.28 bits per heavy atom. The molecular formula is C17H15ClN4O2S. The average molecular weight is 375 g/mol. The average Bonchev–Trinajstić information content (AvgIpc) is 3.17. The second-order valence-electron chi connectivity index (χ2n) is 5.90.